The summed E-state index contributed by atoms with van der Waals surface area (Å²) in [7, 11) is 0. The molecule has 26 heavy (non-hydrogen) atoms. The first-order valence-electron chi connectivity index (χ1n) is 8.37. The number of rotatable bonds is 5. The van der Waals surface area contributed by atoms with Gasteiger partial charge in [-0.25, -0.2) is 14.1 Å². The topological polar surface area (TPSA) is 81.8 Å². The molecule has 0 radical (unpaired) electrons. The highest BCUT2D eigenvalue weighted by Gasteiger charge is 2.15. The van der Waals surface area contributed by atoms with Crippen molar-refractivity contribution in [2.45, 2.75) is 39.8 Å². The quantitative estimate of drug-likeness (QED) is 0.757. The summed E-state index contributed by atoms with van der Waals surface area (Å²) in [6.07, 6.45) is 1.64. The maximum atomic E-state index is 13.1. The van der Waals surface area contributed by atoms with Crippen LogP contribution >= 0.6 is 0 Å². The van der Waals surface area contributed by atoms with Gasteiger partial charge in [0.15, 0.2) is 5.65 Å². The summed E-state index contributed by atoms with van der Waals surface area (Å²) in [5, 5.41) is 7.36. The molecule has 0 aliphatic heterocycles. The predicted molar refractivity (Wildman–Crippen MR) is 95.7 cm³/mol. The molecular weight excluding hydrogens is 337 g/mol. The van der Waals surface area contributed by atoms with Gasteiger partial charge in [0, 0.05) is 19.0 Å². The molecule has 0 atom stereocenters. The zero-order chi connectivity index (χ0) is 18.8. The number of fused-ring (bicyclic) bond motifs is 1. The largest absolute Gasteiger partial charge is 0.354 e. The van der Waals surface area contributed by atoms with E-state index in [4.69, 9.17) is 0 Å². The molecule has 1 amide bonds. The van der Waals surface area contributed by atoms with Gasteiger partial charge < -0.3 is 5.32 Å². The van der Waals surface area contributed by atoms with Crippen LogP contribution in [-0.2, 0) is 11.3 Å². The molecule has 0 bridgehead atoms. The summed E-state index contributed by atoms with van der Waals surface area (Å²) >= 11 is 0. The molecule has 1 N–H and O–H groups in total. The monoisotopic (exact) mass is 357 g/mol. The number of aryl methyl sites for hydroxylation is 1. The van der Waals surface area contributed by atoms with Crippen molar-refractivity contribution in [2.75, 3.05) is 0 Å². The third kappa shape index (κ3) is 3.49. The Morgan fingerprint density at radius 3 is 2.62 bits per heavy atom. The molecule has 2 aromatic heterocycles. The van der Waals surface area contributed by atoms with E-state index < -0.39 is 0 Å². The van der Waals surface area contributed by atoms with E-state index in [0.29, 0.717) is 22.5 Å². The number of halogens is 1. The molecule has 3 rings (SSSR count). The molecular formula is C18H20FN5O2. The van der Waals surface area contributed by atoms with E-state index in [2.05, 4.69) is 15.4 Å². The number of carbonyl (C=O) groups excluding carboxylic acids is 1. The SMILES string of the molecule is Cc1nc2c(cnn2-c2ccc(F)cc2)c(=O)n1CCC(=O)NC(C)C. The van der Waals surface area contributed by atoms with Crippen LogP contribution in [0, 0.1) is 12.7 Å². The Labute approximate surface area is 149 Å². The molecule has 2 heterocycles. The van der Waals surface area contributed by atoms with Crippen LogP contribution in [-0.4, -0.2) is 31.3 Å². The number of hydrogen-bond acceptors (Lipinski definition) is 4. The second-order valence-electron chi connectivity index (χ2n) is 6.36. The number of amides is 1. The minimum absolute atomic E-state index is 0.0508. The van der Waals surface area contributed by atoms with Crippen molar-refractivity contribution in [1.29, 1.82) is 0 Å². The number of nitrogens with zero attached hydrogens (tertiary/aromatic N) is 4. The Kier molecular flexibility index (Phi) is 4.83. The molecule has 0 saturated heterocycles. The lowest BCUT2D eigenvalue weighted by molar-refractivity contribution is -0.121. The molecule has 1 aromatic carbocycles. The Balaban J connectivity index is 1.95. The highest BCUT2D eigenvalue weighted by atomic mass is 19.1. The minimum atomic E-state index is -0.351. The summed E-state index contributed by atoms with van der Waals surface area (Å²) in [5.41, 5.74) is 0.766. The van der Waals surface area contributed by atoms with Gasteiger partial charge in [-0.3, -0.25) is 14.2 Å². The summed E-state index contributed by atoms with van der Waals surface area (Å²) in [4.78, 5) is 29.1. The molecule has 0 aliphatic rings. The van der Waals surface area contributed by atoms with Gasteiger partial charge in [-0.15, -0.1) is 0 Å². The average Bonchev–Trinajstić information content (AvgIpc) is 2.98. The van der Waals surface area contributed by atoms with Crippen LogP contribution in [0.25, 0.3) is 16.7 Å². The van der Waals surface area contributed by atoms with Gasteiger partial charge in [0.2, 0.25) is 5.91 Å². The van der Waals surface area contributed by atoms with Gasteiger partial charge in [0.25, 0.3) is 5.56 Å². The van der Waals surface area contributed by atoms with Crippen molar-refractivity contribution in [2.24, 2.45) is 0 Å². The second-order valence-corrected chi connectivity index (χ2v) is 6.36. The van der Waals surface area contributed by atoms with Gasteiger partial charge in [0.1, 0.15) is 17.0 Å². The summed E-state index contributed by atoms with van der Waals surface area (Å²) < 4.78 is 16.1. The number of aromatic nitrogens is 4. The summed E-state index contributed by atoms with van der Waals surface area (Å²) in [6.45, 7) is 5.72. The summed E-state index contributed by atoms with van der Waals surface area (Å²) in [6, 6.07) is 5.84. The smallest absolute Gasteiger partial charge is 0.264 e. The van der Waals surface area contributed by atoms with Crippen molar-refractivity contribution in [1.82, 2.24) is 24.6 Å². The number of carbonyl (C=O) groups is 1. The van der Waals surface area contributed by atoms with Crippen molar-refractivity contribution >= 4 is 16.9 Å². The highest BCUT2D eigenvalue weighted by molar-refractivity contribution is 5.77. The van der Waals surface area contributed by atoms with E-state index in [1.807, 2.05) is 13.8 Å². The van der Waals surface area contributed by atoms with Crippen LogP contribution in [0.1, 0.15) is 26.1 Å². The second kappa shape index (κ2) is 7.07. The lowest BCUT2D eigenvalue weighted by Gasteiger charge is -2.11. The lowest BCUT2D eigenvalue weighted by atomic mass is 10.3. The van der Waals surface area contributed by atoms with E-state index in [1.54, 1.807) is 19.1 Å². The maximum absolute atomic E-state index is 13.1. The number of benzene rings is 1. The molecule has 0 unspecified atom stereocenters. The molecule has 136 valence electrons. The molecule has 0 fully saturated rings. The van der Waals surface area contributed by atoms with Crippen LogP contribution in [0.5, 0.6) is 0 Å². The van der Waals surface area contributed by atoms with Crippen molar-refractivity contribution in [3.63, 3.8) is 0 Å². The fraction of sp³-hybridized carbons (Fsp3) is 0.333. The first kappa shape index (κ1) is 17.8. The van der Waals surface area contributed by atoms with E-state index in [9.17, 15) is 14.0 Å². The van der Waals surface area contributed by atoms with Crippen molar-refractivity contribution in [3.8, 4) is 5.69 Å². The molecule has 8 heteroatoms. The molecule has 0 aliphatic carbocycles. The zero-order valence-electron chi connectivity index (χ0n) is 14.9. The highest BCUT2D eigenvalue weighted by Crippen LogP contribution is 2.15. The Hall–Kier alpha value is -3.03. The van der Waals surface area contributed by atoms with Crippen molar-refractivity contribution in [3.05, 3.63) is 52.5 Å². The fourth-order valence-electron chi connectivity index (χ4n) is 2.75. The van der Waals surface area contributed by atoms with E-state index >= 15 is 0 Å². The minimum Gasteiger partial charge on any atom is -0.354 e. The first-order chi connectivity index (χ1) is 12.4. The van der Waals surface area contributed by atoms with Crippen LogP contribution in [0.4, 0.5) is 4.39 Å². The predicted octanol–water partition coefficient (Wildman–Crippen LogP) is 1.94. The average molecular weight is 357 g/mol. The van der Waals surface area contributed by atoms with E-state index in [-0.39, 0.29) is 36.3 Å². The van der Waals surface area contributed by atoms with Crippen LogP contribution < -0.4 is 10.9 Å². The third-order valence-electron chi connectivity index (χ3n) is 3.96. The Bertz CT molecular complexity index is 1000. The van der Waals surface area contributed by atoms with Gasteiger partial charge in [-0.05, 0) is 45.0 Å². The van der Waals surface area contributed by atoms with Crippen molar-refractivity contribution < 1.29 is 9.18 Å². The number of hydrogen-bond donors (Lipinski definition) is 1. The van der Waals surface area contributed by atoms with Crippen LogP contribution in [0.15, 0.2) is 35.3 Å². The number of nitrogens with one attached hydrogen (secondary N) is 1. The first-order valence-corrected chi connectivity index (χ1v) is 8.37. The van der Waals surface area contributed by atoms with E-state index in [1.165, 1.54) is 27.6 Å². The molecule has 0 saturated carbocycles. The normalized spacial score (nSPS) is 11.3. The van der Waals surface area contributed by atoms with Gasteiger partial charge in [-0.2, -0.15) is 5.10 Å². The van der Waals surface area contributed by atoms with E-state index in [0.717, 1.165) is 0 Å². The standard InChI is InChI=1S/C18H20FN5O2/c1-11(2)21-16(25)8-9-23-12(3)22-17-15(18(23)26)10-20-24(17)14-6-4-13(19)5-7-14/h4-7,10-11H,8-9H2,1-3H3,(H,21,25). The Morgan fingerprint density at radius 2 is 1.96 bits per heavy atom. The summed E-state index contributed by atoms with van der Waals surface area (Å²) in [5.74, 6) is 0.0218. The maximum Gasteiger partial charge on any atom is 0.264 e. The fourth-order valence-corrected chi connectivity index (χ4v) is 2.75. The molecule has 7 nitrogen and oxygen atoms in total. The third-order valence-corrected chi connectivity index (χ3v) is 3.96. The van der Waals surface area contributed by atoms with Crippen LogP contribution in [0.2, 0.25) is 0 Å². The Morgan fingerprint density at radius 1 is 1.27 bits per heavy atom. The lowest BCUT2D eigenvalue weighted by Crippen LogP contribution is -2.32. The van der Waals surface area contributed by atoms with Gasteiger partial charge >= 0.3 is 0 Å². The zero-order valence-corrected chi connectivity index (χ0v) is 14.9. The molecule has 0 spiro atoms. The van der Waals surface area contributed by atoms with Gasteiger partial charge in [0.05, 0.1) is 11.9 Å². The molecule has 3 aromatic rings. The van der Waals surface area contributed by atoms with Crippen LogP contribution in [0.3, 0.4) is 0 Å². The van der Waals surface area contributed by atoms with Gasteiger partial charge in [-0.1, -0.05) is 0 Å².